The van der Waals surface area contributed by atoms with Crippen LogP contribution in [0.2, 0.25) is 0 Å². The number of nitrogens with one attached hydrogen (secondary N) is 1. The van der Waals surface area contributed by atoms with Gasteiger partial charge in [0.2, 0.25) is 0 Å². The number of carbonyl (C=O) groups is 1. The molecule has 1 N–H and O–H groups in total. The van der Waals surface area contributed by atoms with Crippen LogP contribution in [0.25, 0.3) is 22.2 Å². The number of halogens is 1. The van der Waals surface area contributed by atoms with Crippen LogP contribution in [-0.4, -0.2) is 59.0 Å². The molecule has 3 aliphatic rings. The van der Waals surface area contributed by atoms with E-state index < -0.39 is 0 Å². The van der Waals surface area contributed by atoms with E-state index in [-0.39, 0.29) is 17.8 Å². The summed E-state index contributed by atoms with van der Waals surface area (Å²) in [6, 6.07) is 15.5. The standard InChI is InChI=1S/C35H45FN4O/c1-25(26-12-4-2-5-13-26)37-35(41)33-29-15-7-9-17-32(29)38-34(28-14-6-8-16-31(28)36)30(33)24-39-22-18-27(19-23-39)40-20-10-3-11-21-40/h6-9,14-17,25-27H,2-5,10-13,18-24H2,1H3,(H,37,41)/t25-/m1/s1. The van der Waals surface area contributed by atoms with Gasteiger partial charge < -0.3 is 10.2 Å². The molecule has 6 heteroatoms. The fraction of sp³-hybridized carbons (Fsp3) is 0.543. The van der Waals surface area contributed by atoms with E-state index in [9.17, 15) is 4.79 Å². The van der Waals surface area contributed by atoms with Crippen molar-refractivity contribution in [2.45, 2.75) is 89.8 Å². The van der Waals surface area contributed by atoms with Crippen LogP contribution in [0.5, 0.6) is 0 Å². The average Bonchev–Trinajstić information content (AvgIpc) is 3.02. The third-order valence-electron chi connectivity index (χ3n) is 9.91. The summed E-state index contributed by atoms with van der Waals surface area (Å²) in [5.74, 6) is 0.142. The maximum atomic E-state index is 15.3. The Hall–Kier alpha value is -2.83. The molecule has 0 unspecified atom stereocenters. The third kappa shape index (κ3) is 6.34. The number of amides is 1. The first-order valence-corrected chi connectivity index (χ1v) is 16.0. The lowest BCUT2D eigenvalue weighted by molar-refractivity contribution is 0.0878. The molecule has 2 saturated heterocycles. The van der Waals surface area contributed by atoms with E-state index in [0.717, 1.165) is 55.2 Å². The van der Waals surface area contributed by atoms with Crippen molar-refractivity contribution >= 4 is 16.8 Å². The van der Waals surface area contributed by atoms with Crippen molar-refractivity contribution in [2.24, 2.45) is 5.92 Å². The predicted octanol–water partition coefficient (Wildman–Crippen LogP) is 7.19. The molecule has 0 radical (unpaired) electrons. The zero-order valence-corrected chi connectivity index (χ0v) is 24.6. The number of hydrogen-bond donors (Lipinski definition) is 1. The van der Waals surface area contributed by atoms with Gasteiger partial charge in [-0.3, -0.25) is 9.69 Å². The minimum absolute atomic E-state index is 0.0579. The van der Waals surface area contributed by atoms with Crippen LogP contribution in [0.1, 0.15) is 87.1 Å². The van der Waals surface area contributed by atoms with Gasteiger partial charge in [-0.15, -0.1) is 0 Å². The second kappa shape index (κ2) is 13.0. The van der Waals surface area contributed by atoms with Crippen molar-refractivity contribution < 1.29 is 9.18 Å². The van der Waals surface area contributed by atoms with Gasteiger partial charge in [0.15, 0.2) is 0 Å². The Labute approximate surface area is 244 Å². The molecule has 5 nitrogen and oxygen atoms in total. The molecule has 1 aromatic heterocycles. The summed E-state index contributed by atoms with van der Waals surface area (Å²) in [5, 5.41) is 4.24. The topological polar surface area (TPSA) is 48.5 Å². The van der Waals surface area contributed by atoms with Crippen molar-refractivity contribution in [3.63, 3.8) is 0 Å². The van der Waals surface area contributed by atoms with E-state index in [2.05, 4.69) is 22.0 Å². The molecule has 3 aromatic rings. The minimum Gasteiger partial charge on any atom is -0.349 e. The SMILES string of the molecule is C[C@@H](NC(=O)c1c(CN2CCC(N3CCCCC3)CC2)c(-c2ccccc2F)nc2ccccc12)C1CCCCC1. The fourth-order valence-electron chi connectivity index (χ4n) is 7.52. The van der Waals surface area contributed by atoms with E-state index in [1.54, 1.807) is 12.1 Å². The lowest BCUT2D eigenvalue weighted by Gasteiger charge is -2.40. The predicted molar refractivity (Wildman–Crippen MR) is 164 cm³/mol. The number of nitrogens with zero attached hydrogens (tertiary/aromatic N) is 3. The van der Waals surface area contributed by atoms with Crippen LogP contribution >= 0.6 is 0 Å². The first-order chi connectivity index (χ1) is 20.1. The summed E-state index contributed by atoms with van der Waals surface area (Å²) >= 11 is 0. The number of likely N-dealkylation sites (tertiary alicyclic amines) is 2. The number of rotatable bonds is 7. The number of benzene rings is 2. The quantitative estimate of drug-likeness (QED) is 0.335. The number of aromatic nitrogens is 1. The van der Waals surface area contributed by atoms with E-state index >= 15 is 4.39 Å². The van der Waals surface area contributed by atoms with Crippen LogP contribution in [0.3, 0.4) is 0 Å². The molecular formula is C35H45FN4O. The number of carbonyl (C=O) groups excluding carboxylic acids is 1. The van der Waals surface area contributed by atoms with E-state index in [0.29, 0.717) is 35.3 Å². The van der Waals surface area contributed by atoms with Gasteiger partial charge in [-0.25, -0.2) is 9.37 Å². The second-order valence-electron chi connectivity index (χ2n) is 12.6. The summed E-state index contributed by atoms with van der Waals surface area (Å²) < 4.78 is 15.3. The third-order valence-corrected chi connectivity index (χ3v) is 9.91. The Morgan fingerprint density at radius 1 is 0.902 bits per heavy atom. The van der Waals surface area contributed by atoms with E-state index in [4.69, 9.17) is 4.98 Å². The average molecular weight is 557 g/mol. The molecule has 0 spiro atoms. The van der Waals surface area contributed by atoms with Gasteiger partial charge >= 0.3 is 0 Å². The van der Waals surface area contributed by atoms with Gasteiger partial charge in [-0.05, 0) is 95.7 Å². The van der Waals surface area contributed by atoms with E-state index in [1.807, 2.05) is 30.3 Å². The number of piperidine rings is 2. The lowest BCUT2D eigenvalue weighted by atomic mass is 9.84. The van der Waals surface area contributed by atoms with Crippen molar-refractivity contribution in [2.75, 3.05) is 26.2 Å². The molecule has 2 aromatic carbocycles. The summed E-state index contributed by atoms with van der Waals surface area (Å²) in [6.07, 6.45) is 12.3. The Bertz CT molecular complexity index is 1340. The van der Waals surface area contributed by atoms with Gasteiger partial charge in [-0.1, -0.05) is 56.0 Å². The Morgan fingerprint density at radius 3 is 2.34 bits per heavy atom. The lowest BCUT2D eigenvalue weighted by Crippen LogP contribution is -2.46. The summed E-state index contributed by atoms with van der Waals surface area (Å²) in [7, 11) is 0. The normalized spacial score (nSPS) is 20.7. The highest BCUT2D eigenvalue weighted by atomic mass is 19.1. The van der Waals surface area contributed by atoms with Crippen molar-refractivity contribution in [1.82, 2.24) is 20.1 Å². The molecule has 3 heterocycles. The van der Waals surface area contributed by atoms with Crippen molar-refractivity contribution in [1.29, 1.82) is 0 Å². The number of pyridine rings is 1. The Morgan fingerprint density at radius 2 is 1.59 bits per heavy atom. The van der Waals surface area contributed by atoms with Crippen molar-refractivity contribution in [3.05, 3.63) is 65.5 Å². The number of hydrogen-bond acceptors (Lipinski definition) is 4. The molecular weight excluding hydrogens is 511 g/mol. The zero-order chi connectivity index (χ0) is 28.2. The maximum absolute atomic E-state index is 15.3. The molecule has 1 amide bonds. The molecule has 1 atom stereocenters. The van der Waals surface area contributed by atoms with E-state index in [1.165, 1.54) is 57.7 Å². The van der Waals surface area contributed by atoms with Crippen LogP contribution < -0.4 is 5.32 Å². The van der Waals surface area contributed by atoms with Gasteiger partial charge in [0.1, 0.15) is 5.82 Å². The van der Waals surface area contributed by atoms with Gasteiger partial charge in [0.05, 0.1) is 16.8 Å². The number of para-hydroxylation sites is 1. The summed E-state index contributed by atoms with van der Waals surface area (Å²) in [6.45, 7) is 7.14. The Balaban J connectivity index is 1.35. The molecule has 2 aliphatic heterocycles. The number of fused-ring (bicyclic) bond motifs is 1. The summed E-state index contributed by atoms with van der Waals surface area (Å²) in [5.41, 5.74) is 3.29. The molecule has 41 heavy (non-hydrogen) atoms. The zero-order valence-electron chi connectivity index (χ0n) is 24.6. The highest BCUT2D eigenvalue weighted by Crippen LogP contribution is 2.34. The second-order valence-corrected chi connectivity index (χ2v) is 12.6. The van der Waals surface area contributed by atoms with Crippen LogP contribution in [-0.2, 0) is 6.54 Å². The first kappa shape index (κ1) is 28.3. The molecule has 1 aliphatic carbocycles. The molecule has 3 fully saturated rings. The highest BCUT2D eigenvalue weighted by molar-refractivity contribution is 6.09. The minimum atomic E-state index is -0.303. The smallest absolute Gasteiger partial charge is 0.252 e. The summed E-state index contributed by atoms with van der Waals surface area (Å²) in [4.78, 5) is 24.4. The Kier molecular flexibility index (Phi) is 8.97. The van der Waals surface area contributed by atoms with Crippen molar-refractivity contribution in [3.8, 4) is 11.3 Å². The van der Waals surface area contributed by atoms with Gasteiger partial charge in [0.25, 0.3) is 5.91 Å². The van der Waals surface area contributed by atoms with Crippen LogP contribution in [0.4, 0.5) is 4.39 Å². The largest absolute Gasteiger partial charge is 0.349 e. The van der Waals surface area contributed by atoms with Crippen LogP contribution in [0.15, 0.2) is 48.5 Å². The first-order valence-electron chi connectivity index (χ1n) is 16.0. The van der Waals surface area contributed by atoms with Gasteiger partial charge in [-0.2, -0.15) is 0 Å². The maximum Gasteiger partial charge on any atom is 0.252 e. The molecule has 0 bridgehead atoms. The molecule has 1 saturated carbocycles. The van der Waals surface area contributed by atoms with Gasteiger partial charge in [0, 0.05) is 35.1 Å². The monoisotopic (exact) mass is 556 g/mol. The molecule has 6 rings (SSSR count). The highest BCUT2D eigenvalue weighted by Gasteiger charge is 2.30. The fourth-order valence-corrected chi connectivity index (χ4v) is 7.52. The molecule has 218 valence electrons. The van der Waals surface area contributed by atoms with Crippen LogP contribution in [0, 0.1) is 11.7 Å².